The van der Waals surface area contributed by atoms with Crippen LogP contribution in [0, 0.1) is 0 Å². The summed E-state index contributed by atoms with van der Waals surface area (Å²) >= 11 is 1.74. The number of nitrogens with zero attached hydrogens (tertiary/aromatic N) is 4. The third kappa shape index (κ3) is 3.17. The summed E-state index contributed by atoms with van der Waals surface area (Å²) in [7, 11) is 2.06. The predicted octanol–water partition coefficient (Wildman–Crippen LogP) is 4.26. The van der Waals surface area contributed by atoms with Gasteiger partial charge in [-0.25, -0.2) is 10.4 Å². The molecule has 6 rings (SSSR count). The Kier molecular flexibility index (Phi) is 4.62. The predicted molar refractivity (Wildman–Crippen MR) is 131 cm³/mol. The number of thiazole rings is 1. The molecule has 0 atom stereocenters. The Morgan fingerprint density at radius 3 is 2.85 bits per heavy atom. The standard InChI is InChI=1S/C25H22N6OS/c1-31-21(12-16-6-5-9-20-18(16)13-27-30-20)19(14-26-28-15-32)22-23(31)29-24(33-22)25(10-11-25)17-7-3-2-4-8-17/h2-9,13-15H,10-12H2,1H3,(H,27,30)(H,28,32)/b26-14-. The molecule has 1 amide bonds. The molecule has 7 nitrogen and oxygen atoms in total. The molecule has 0 unspecified atom stereocenters. The molecule has 0 radical (unpaired) electrons. The van der Waals surface area contributed by atoms with E-state index < -0.39 is 0 Å². The number of H-pyrrole nitrogens is 1. The number of fused-ring (bicyclic) bond motifs is 2. The van der Waals surface area contributed by atoms with Crippen molar-refractivity contribution in [2.75, 3.05) is 0 Å². The Labute approximate surface area is 194 Å². The van der Waals surface area contributed by atoms with Crippen LogP contribution in [0.15, 0.2) is 59.8 Å². The lowest BCUT2D eigenvalue weighted by Crippen LogP contribution is -2.09. The van der Waals surface area contributed by atoms with Crippen molar-refractivity contribution in [1.82, 2.24) is 25.2 Å². The van der Waals surface area contributed by atoms with Gasteiger partial charge in [-0.1, -0.05) is 42.5 Å². The van der Waals surface area contributed by atoms with Crippen molar-refractivity contribution < 1.29 is 4.79 Å². The van der Waals surface area contributed by atoms with Gasteiger partial charge in [0.2, 0.25) is 6.41 Å². The molecule has 1 saturated carbocycles. The zero-order valence-corrected chi connectivity index (χ0v) is 18.9. The Morgan fingerprint density at radius 1 is 1.21 bits per heavy atom. The number of rotatable bonds is 7. The van der Waals surface area contributed by atoms with Crippen LogP contribution in [0.4, 0.5) is 0 Å². The molecule has 3 aromatic heterocycles. The van der Waals surface area contributed by atoms with Crippen molar-refractivity contribution in [3.63, 3.8) is 0 Å². The van der Waals surface area contributed by atoms with Crippen molar-refractivity contribution in [3.8, 4) is 0 Å². The number of aromatic nitrogens is 4. The lowest BCUT2D eigenvalue weighted by atomic mass is 9.97. The second-order valence-corrected chi connectivity index (χ2v) is 9.47. The lowest BCUT2D eigenvalue weighted by Gasteiger charge is -2.12. The van der Waals surface area contributed by atoms with Gasteiger partial charge in [0, 0.05) is 35.5 Å². The lowest BCUT2D eigenvalue weighted by molar-refractivity contribution is -0.109. The zero-order valence-electron chi connectivity index (χ0n) is 18.1. The largest absolute Gasteiger partial charge is 0.331 e. The van der Waals surface area contributed by atoms with Gasteiger partial charge >= 0.3 is 0 Å². The Morgan fingerprint density at radius 2 is 2.06 bits per heavy atom. The number of aryl methyl sites for hydroxylation is 1. The van der Waals surface area contributed by atoms with Gasteiger partial charge in [-0.05, 0) is 30.0 Å². The van der Waals surface area contributed by atoms with Crippen LogP contribution in [0.3, 0.4) is 0 Å². The van der Waals surface area contributed by atoms with E-state index in [2.05, 4.69) is 68.7 Å². The number of nitrogens with one attached hydrogen (secondary N) is 2. The van der Waals surface area contributed by atoms with Crippen molar-refractivity contribution in [2.45, 2.75) is 24.7 Å². The van der Waals surface area contributed by atoms with Gasteiger partial charge in [-0.2, -0.15) is 10.2 Å². The highest BCUT2D eigenvalue weighted by atomic mass is 32.1. The molecule has 2 aromatic carbocycles. The van der Waals surface area contributed by atoms with Crippen LogP contribution < -0.4 is 5.43 Å². The third-order valence-electron chi connectivity index (χ3n) is 6.63. The Hall–Kier alpha value is -3.78. The summed E-state index contributed by atoms with van der Waals surface area (Å²) in [5.74, 6) is 0. The smallest absolute Gasteiger partial charge is 0.227 e. The van der Waals surface area contributed by atoms with Crippen LogP contribution in [-0.4, -0.2) is 32.4 Å². The van der Waals surface area contributed by atoms with E-state index >= 15 is 0 Å². The Bertz CT molecular complexity index is 1510. The maximum absolute atomic E-state index is 10.8. The van der Waals surface area contributed by atoms with Gasteiger partial charge in [0.15, 0.2) is 5.65 Å². The molecule has 5 aromatic rings. The minimum absolute atomic E-state index is 0.0168. The minimum Gasteiger partial charge on any atom is -0.331 e. The van der Waals surface area contributed by atoms with Crippen molar-refractivity contribution in [2.24, 2.45) is 12.1 Å². The molecule has 1 aliphatic carbocycles. The first-order chi connectivity index (χ1) is 16.2. The van der Waals surface area contributed by atoms with Crippen molar-refractivity contribution in [1.29, 1.82) is 0 Å². The van der Waals surface area contributed by atoms with E-state index in [1.165, 1.54) is 11.1 Å². The van der Waals surface area contributed by atoms with E-state index in [9.17, 15) is 4.79 Å². The van der Waals surface area contributed by atoms with Crippen LogP contribution in [0.25, 0.3) is 21.3 Å². The maximum Gasteiger partial charge on any atom is 0.227 e. The van der Waals surface area contributed by atoms with Crippen LogP contribution in [-0.2, 0) is 23.7 Å². The van der Waals surface area contributed by atoms with E-state index in [0.29, 0.717) is 12.8 Å². The molecule has 33 heavy (non-hydrogen) atoms. The molecule has 164 valence electrons. The molecule has 0 aliphatic heterocycles. The summed E-state index contributed by atoms with van der Waals surface area (Å²) in [4.78, 5) is 15.9. The number of hydrogen-bond acceptors (Lipinski definition) is 5. The van der Waals surface area contributed by atoms with Crippen molar-refractivity contribution in [3.05, 3.63) is 82.1 Å². The zero-order chi connectivity index (χ0) is 22.4. The van der Waals surface area contributed by atoms with E-state index in [0.717, 1.165) is 50.4 Å². The van der Waals surface area contributed by atoms with Crippen LogP contribution in [0.1, 0.15) is 40.2 Å². The maximum atomic E-state index is 10.8. The monoisotopic (exact) mass is 454 g/mol. The second kappa shape index (κ2) is 7.67. The molecule has 3 heterocycles. The highest BCUT2D eigenvalue weighted by Crippen LogP contribution is 2.55. The van der Waals surface area contributed by atoms with Crippen LogP contribution in [0.5, 0.6) is 0 Å². The molecular formula is C25H22N6OS. The number of hydrazone groups is 1. The number of hydrogen-bond donors (Lipinski definition) is 2. The molecule has 0 bridgehead atoms. The highest BCUT2D eigenvalue weighted by molar-refractivity contribution is 7.19. The molecule has 0 saturated heterocycles. The summed E-state index contributed by atoms with van der Waals surface area (Å²) < 4.78 is 3.26. The van der Waals surface area contributed by atoms with Gasteiger partial charge < -0.3 is 4.57 Å². The molecule has 1 fully saturated rings. The average Bonchev–Trinajstić information content (AvgIpc) is 3.20. The fraction of sp³-hybridized carbons (Fsp3) is 0.200. The normalized spacial score (nSPS) is 14.9. The number of benzene rings is 2. The highest BCUT2D eigenvalue weighted by Gasteiger charge is 2.48. The van der Waals surface area contributed by atoms with E-state index in [1.54, 1.807) is 17.6 Å². The first kappa shape index (κ1) is 19.9. The molecule has 0 spiro atoms. The summed E-state index contributed by atoms with van der Waals surface area (Å²) in [6.45, 7) is 0. The third-order valence-corrected chi connectivity index (χ3v) is 7.91. The average molecular weight is 455 g/mol. The fourth-order valence-electron chi connectivity index (χ4n) is 4.71. The fourth-order valence-corrected chi connectivity index (χ4v) is 6.11. The number of carbonyl (C=O) groups excluding carboxylic acids is 1. The van der Waals surface area contributed by atoms with Gasteiger partial charge in [0.1, 0.15) is 5.01 Å². The molecular weight excluding hydrogens is 432 g/mol. The molecule has 1 aliphatic rings. The number of carbonyl (C=O) groups is 1. The summed E-state index contributed by atoms with van der Waals surface area (Å²) in [5, 5.41) is 13.6. The summed E-state index contributed by atoms with van der Waals surface area (Å²) in [6.07, 6.45) is 7.12. The first-order valence-electron chi connectivity index (χ1n) is 10.9. The van der Waals surface area contributed by atoms with Gasteiger partial charge in [0.25, 0.3) is 0 Å². The summed E-state index contributed by atoms with van der Waals surface area (Å²) in [5.41, 5.74) is 9.00. The SMILES string of the molecule is Cn1c(Cc2cccc3[nH]ncc23)c(/C=N\NC=O)c2sc(C3(c4ccccc4)CC3)nc21. The van der Waals surface area contributed by atoms with Crippen LogP contribution in [0.2, 0.25) is 0 Å². The van der Waals surface area contributed by atoms with E-state index in [4.69, 9.17) is 4.98 Å². The van der Waals surface area contributed by atoms with Crippen LogP contribution >= 0.6 is 11.3 Å². The topological polar surface area (TPSA) is 88.0 Å². The summed E-state index contributed by atoms with van der Waals surface area (Å²) in [6, 6.07) is 16.8. The quantitative estimate of drug-likeness (QED) is 0.219. The number of amides is 1. The second-order valence-electron chi connectivity index (χ2n) is 8.47. The van der Waals surface area contributed by atoms with Crippen molar-refractivity contribution >= 4 is 45.2 Å². The first-order valence-corrected chi connectivity index (χ1v) is 11.7. The van der Waals surface area contributed by atoms with E-state index in [1.807, 2.05) is 18.3 Å². The minimum atomic E-state index is 0.0168. The van der Waals surface area contributed by atoms with Gasteiger partial charge in [-0.15, -0.1) is 11.3 Å². The number of aromatic amines is 1. The molecule has 8 heteroatoms. The van der Waals surface area contributed by atoms with Gasteiger partial charge in [0.05, 0.1) is 22.6 Å². The molecule has 2 N–H and O–H groups in total. The van der Waals surface area contributed by atoms with E-state index in [-0.39, 0.29) is 5.41 Å². The van der Waals surface area contributed by atoms with Gasteiger partial charge in [-0.3, -0.25) is 9.89 Å². The Balaban J connectivity index is 1.48.